The van der Waals surface area contributed by atoms with Crippen LogP contribution in [0.2, 0.25) is 0 Å². The van der Waals surface area contributed by atoms with Crippen molar-refractivity contribution in [1.82, 2.24) is 4.57 Å². The van der Waals surface area contributed by atoms with Crippen LogP contribution in [0.1, 0.15) is 42.9 Å². The maximum absolute atomic E-state index is 13.9. The van der Waals surface area contributed by atoms with Crippen LogP contribution in [0, 0.1) is 18.2 Å². The van der Waals surface area contributed by atoms with Gasteiger partial charge in [-0.3, -0.25) is 0 Å². The second-order valence-electron chi connectivity index (χ2n) is 5.74. The molecule has 21 heavy (non-hydrogen) atoms. The summed E-state index contributed by atoms with van der Waals surface area (Å²) in [6, 6.07) is 3.31. The zero-order valence-corrected chi connectivity index (χ0v) is 11.9. The molecular weight excluding hydrogens is 270 g/mol. The summed E-state index contributed by atoms with van der Waals surface area (Å²) in [5.41, 5.74) is 2.00. The van der Waals surface area contributed by atoms with Crippen molar-refractivity contribution in [3.05, 3.63) is 29.1 Å². The molecule has 1 aliphatic rings. The van der Waals surface area contributed by atoms with Gasteiger partial charge >= 0.3 is 7.12 Å². The van der Waals surface area contributed by atoms with Gasteiger partial charge in [-0.15, -0.1) is 0 Å². The SMILES string of the molecule is Cc1cc2c(cc1F)c(C=N)c(B(O)O)n2C1CCCC1. The van der Waals surface area contributed by atoms with Crippen LogP contribution in [0.3, 0.4) is 0 Å². The molecule has 1 aromatic heterocycles. The minimum absolute atomic E-state index is 0.183. The molecular formula is C15H18BFN2O2. The van der Waals surface area contributed by atoms with Crippen molar-refractivity contribution in [2.45, 2.75) is 38.6 Å². The average molecular weight is 288 g/mol. The van der Waals surface area contributed by atoms with Gasteiger partial charge in [0, 0.05) is 28.7 Å². The van der Waals surface area contributed by atoms with Crippen molar-refractivity contribution in [3.63, 3.8) is 0 Å². The van der Waals surface area contributed by atoms with Crippen molar-refractivity contribution in [1.29, 1.82) is 5.41 Å². The number of hydrogen-bond donors (Lipinski definition) is 3. The van der Waals surface area contributed by atoms with Crippen molar-refractivity contribution in [2.75, 3.05) is 0 Å². The van der Waals surface area contributed by atoms with Crippen molar-refractivity contribution in [3.8, 4) is 0 Å². The lowest BCUT2D eigenvalue weighted by Gasteiger charge is -2.18. The quantitative estimate of drug-likeness (QED) is 0.596. The zero-order valence-electron chi connectivity index (χ0n) is 11.9. The van der Waals surface area contributed by atoms with E-state index in [2.05, 4.69) is 0 Å². The Balaban J connectivity index is 2.38. The van der Waals surface area contributed by atoms with Gasteiger partial charge < -0.3 is 20.0 Å². The van der Waals surface area contributed by atoms with E-state index in [-0.39, 0.29) is 11.9 Å². The molecule has 1 fully saturated rings. The number of fused-ring (bicyclic) bond motifs is 1. The number of nitrogens with one attached hydrogen (secondary N) is 1. The summed E-state index contributed by atoms with van der Waals surface area (Å²) in [5.74, 6) is -0.340. The molecule has 0 bridgehead atoms. The number of halogens is 1. The summed E-state index contributed by atoms with van der Waals surface area (Å²) >= 11 is 0. The Morgan fingerprint density at radius 3 is 2.57 bits per heavy atom. The van der Waals surface area contributed by atoms with E-state index in [1.807, 2.05) is 4.57 Å². The third-order valence-corrected chi connectivity index (χ3v) is 4.44. The molecule has 1 saturated carbocycles. The molecule has 3 rings (SSSR count). The number of rotatable bonds is 3. The monoisotopic (exact) mass is 288 g/mol. The molecule has 0 spiro atoms. The number of benzene rings is 1. The van der Waals surface area contributed by atoms with E-state index in [1.165, 1.54) is 6.07 Å². The highest BCUT2D eigenvalue weighted by Crippen LogP contribution is 2.34. The first-order valence-electron chi connectivity index (χ1n) is 7.25. The Morgan fingerprint density at radius 1 is 1.33 bits per heavy atom. The highest BCUT2D eigenvalue weighted by Gasteiger charge is 2.30. The Labute approximate surface area is 122 Å². The van der Waals surface area contributed by atoms with Crippen LogP contribution < -0.4 is 5.59 Å². The first-order valence-corrected chi connectivity index (χ1v) is 7.25. The second-order valence-corrected chi connectivity index (χ2v) is 5.74. The van der Waals surface area contributed by atoms with Crippen LogP contribution >= 0.6 is 0 Å². The molecule has 1 heterocycles. The molecule has 4 nitrogen and oxygen atoms in total. The number of hydrogen-bond acceptors (Lipinski definition) is 3. The smallest absolute Gasteiger partial charge is 0.422 e. The molecule has 0 aliphatic heterocycles. The Kier molecular flexibility index (Phi) is 3.59. The van der Waals surface area contributed by atoms with Crippen molar-refractivity contribution < 1.29 is 14.4 Å². The molecule has 2 aromatic rings. The summed E-state index contributed by atoms with van der Waals surface area (Å²) < 4.78 is 15.8. The van der Waals surface area contributed by atoms with Gasteiger partial charge in [-0.1, -0.05) is 12.8 Å². The molecule has 0 radical (unpaired) electrons. The molecule has 0 unspecified atom stereocenters. The Hall–Kier alpha value is -1.66. The largest absolute Gasteiger partial charge is 0.506 e. The highest BCUT2D eigenvalue weighted by molar-refractivity contribution is 6.60. The van der Waals surface area contributed by atoms with Gasteiger partial charge in [0.05, 0.1) is 5.59 Å². The molecule has 1 aromatic carbocycles. The lowest BCUT2D eigenvalue weighted by molar-refractivity contribution is 0.417. The maximum Gasteiger partial charge on any atom is 0.506 e. The van der Waals surface area contributed by atoms with E-state index in [0.29, 0.717) is 22.1 Å². The summed E-state index contributed by atoms with van der Waals surface area (Å²) in [6.45, 7) is 1.69. The fourth-order valence-electron chi connectivity index (χ4n) is 3.45. The van der Waals surface area contributed by atoms with Gasteiger partial charge in [0.1, 0.15) is 5.82 Å². The summed E-state index contributed by atoms with van der Waals surface area (Å²) in [4.78, 5) is 0. The molecule has 0 saturated heterocycles. The van der Waals surface area contributed by atoms with E-state index in [4.69, 9.17) is 5.41 Å². The van der Waals surface area contributed by atoms with Gasteiger partial charge in [-0.2, -0.15) is 0 Å². The molecule has 0 atom stereocenters. The van der Waals surface area contributed by atoms with Crippen LogP contribution in [0.25, 0.3) is 10.9 Å². The molecule has 3 N–H and O–H groups in total. The van der Waals surface area contributed by atoms with Gasteiger partial charge in [-0.25, -0.2) is 4.39 Å². The van der Waals surface area contributed by atoms with E-state index in [9.17, 15) is 14.4 Å². The minimum Gasteiger partial charge on any atom is -0.422 e. The Bertz CT molecular complexity index is 705. The van der Waals surface area contributed by atoms with Crippen LogP contribution in [0.15, 0.2) is 12.1 Å². The van der Waals surface area contributed by atoms with Crippen LogP contribution in [-0.2, 0) is 0 Å². The fourth-order valence-corrected chi connectivity index (χ4v) is 3.45. The fraction of sp³-hybridized carbons (Fsp3) is 0.400. The summed E-state index contributed by atoms with van der Waals surface area (Å²) in [5, 5.41) is 27.7. The van der Waals surface area contributed by atoms with Gasteiger partial charge in [-0.05, 0) is 37.5 Å². The highest BCUT2D eigenvalue weighted by atomic mass is 19.1. The second kappa shape index (κ2) is 5.28. The molecule has 0 amide bonds. The summed E-state index contributed by atoms with van der Waals surface area (Å²) in [7, 11) is -1.67. The standard InChI is InChI=1S/C15H18BFN2O2/c1-9-6-14-11(7-13(9)17)12(8-18)15(16(20)21)19(14)10-4-2-3-5-10/h6-8,10,18,20-21H,2-5H2,1H3. The first kappa shape index (κ1) is 14.3. The lowest BCUT2D eigenvalue weighted by atomic mass is 9.82. The van der Waals surface area contributed by atoms with E-state index in [1.54, 1.807) is 13.0 Å². The van der Waals surface area contributed by atoms with E-state index in [0.717, 1.165) is 37.4 Å². The van der Waals surface area contributed by atoms with Gasteiger partial charge in [0.25, 0.3) is 0 Å². The van der Waals surface area contributed by atoms with E-state index >= 15 is 0 Å². The predicted octanol–water partition coefficient (Wildman–Crippen LogP) is 1.88. The minimum atomic E-state index is -1.67. The van der Waals surface area contributed by atoms with Gasteiger partial charge in [0.15, 0.2) is 0 Å². The lowest BCUT2D eigenvalue weighted by Crippen LogP contribution is -2.39. The number of aromatic nitrogens is 1. The average Bonchev–Trinajstić information content (AvgIpc) is 3.04. The predicted molar refractivity (Wildman–Crippen MR) is 81.8 cm³/mol. The number of nitrogens with zero attached hydrogens (tertiary/aromatic N) is 1. The summed E-state index contributed by atoms with van der Waals surface area (Å²) in [6.07, 6.45) is 5.23. The third-order valence-electron chi connectivity index (χ3n) is 4.44. The van der Waals surface area contributed by atoms with Crippen molar-refractivity contribution >= 4 is 29.8 Å². The molecule has 1 aliphatic carbocycles. The van der Waals surface area contributed by atoms with Gasteiger partial charge in [0.2, 0.25) is 0 Å². The third kappa shape index (κ3) is 2.19. The van der Waals surface area contributed by atoms with Crippen LogP contribution in [-0.4, -0.2) is 27.9 Å². The first-order chi connectivity index (χ1) is 10.0. The van der Waals surface area contributed by atoms with Crippen LogP contribution in [0.5, 0.6) is 0 Å². The molecule has 110 valence electrons. The Morgan fingerprint density at radius 2 is 2.00 bits per heavy atom. The maximum atomic E-state index is 13.9. The normalized spacial score (nSPS) is 15.8. The number of aryl methyl sites for hydroxylation is 1. The van der Waals surface area contributed by atoms with Crippen LogP contribution in [0.4, 0.5) is 4.39 Å². The van der Waals surface area contributed by atoms with Crippen molar-refractivity contribution in [2.24, 2.45) is 0 Å². The zero-order chi connectivity index (χ0) is 15.1. The topological polar surface area (TPSA) is 69.2 Å². The van der Waals surface area contributed by atoms with E-state index < -0.39 is 7.12 Å². The molecule has 6 heteroatoms.